The summed E-state index contributed by atoms with van der Waals surface area (Å²) in [6, 6.07) is 50.5. The van der Waals surface area contributed by atoms with E-state index in [9.17, 15) is 0 Å². The Kier molecular flexibility index (Phi) is 5.48. The van der Waals surface area contributed by atoms with Gasteiger partial charge in [-0.3, -0.25) is 4.57 Å². The van der Waals surface area contributed by atoms with Crippen molar-refractivity contribution in [2.75, 3.05) is 0 Å². The van der Waals surface area contributed by atoms with E-state index in [1.807, 2.05) is 60.7 Å². The molecule has 4 heterocycles. The fraction of sp³-hybridized carbons (Fsp3) is 0. The molecule has 0 saturated carbocycles. The summed E-state index contributed by atoms with van der Waals surface area (Å²) in [7, 11) is 0. The summed E-state index contributed by atoms with van der Waals surface area (Å²) >= 11 is 0. The highest BCUT2D eigenvalue weighted by Gasteiger charge is 2.19. The van der Waals surface area contributed by atoms with Crippen molar-refractivity contribution in [3.8, 4) is 34.4 Å². The first-order chi connectivity index (χ1) is 23.3. The smallest absolute Gasteiger partial charge is 0.238 e. The van der Waals surface area contributed by atoms with Crippen molar-refractivity contribution in [1.29, 1.82) is 0 Å². The summed E-state index contributed by atoms with van der Waals surface area (Å²) in [4.78, 5) is 18.7. The van der Waals surface area contributed by atoms with Crippen LogP contribution in [0, 0.1) is 0 Å². The molecule has 0 atom stereocenters. The molecule has 0 bridgehead atoms. The molecule has 0 fully saturated rings. The van der Waals surface area contributed by atoms with Gasteiger partial charge in [0.15, 0.2) is 11.6 Å². The average Bonchev–Trinajstić information content (AvgIpc) is 3.84. The van der Waals surface area contributed by atoms with Crippen LogP contribution < -0.4 is 0 Å². The molecule has 0 spiro atoms. The lowest BCUT2D eigenvalue weighted by molar-refractivity contribution is 0.953. The second kappa shape index (κ2) is 9.99. The van der Waals surface area contributed by atoms with Crippen molar-refractivity contribution in [1.82, 2.24) is 29.1 Å². The van der Waals surface area contributed by atoms with Gasteiger partial charge in [0.2, 0.25) is 5.95 Å². The summed E-state index contributed by atoms with van der Waals surface area (Å²) < 4.78 is 4.44. The molecule has 0 radical (unpaired) electrons. The lowest BCUT2D eigenvalue weighted by Gasteiger charge is -2.11. The number of para-hydroxylation sites is 2. The standard InChI is InChI=1S/C41H26N6/c1-3-11-26(12-4-1)39-43-40(27-13-5-2-6-14-27)45-41(44-39)47-36-18-10-8-16-30(36)33-25-28(19-21-37(33)47)46-24-23-32-35(46)22-20-31-29-15-7-9-17-34(29)42-38(31)32/h1-25,42H. The van der Waals surface area contributed by atoms with E-state index < -0.39 is 0 Å². The molecule has 1 N–H and O–H groups in total. The minimum Gasteiger partial charge on any atom is -0.354 e. The molecule has 6 aromatic carbocycles. The van der Waals surface area contributed by atoms with E-state index in [0.717, 1.165) is 49.7 Å². The van der Waals surface area contributed by atoms with Gasteiger partial charge in [-0.2, -0.15) is 9.97 Å². The number of rotatable bonds is 4. The molecule has 6 nitrogen and oxygen atoms in total. The lowest BCUT2D eigenvalue weighted by Crippen LogP contribution is -2.06. The maximum atomic E-state index is 5.06. The molecule has 0 aliphatic rings. The number of hydrogen-bond donors (Lipinski definition) is 1. The summed E-state index contributed by atoms with van der Waals surface area (Å²) in [5.41, 5.74) is 8.54. The number of nitrogens with zero attached hydrogens (tertiary/aromatic N) is 5. The molecule has 4 aromatic heterocycles. The zero-order valence-electron chi connectivity index (χ0n) is 25.2. The van der Waals surface area contributed by atoms with Gasteiger partial charge >= 0.3 is 0 Å². The van der Waals surface area contributed by atoms with Gasteiger partial charge in [0.05, 0.1) is 22.1 Å². The van der Waals surface area contributed by atoms with E-state index in [1.165, 1.54) is 21.7 Å². The Bertz CT molecular complexity index is 2730. The first kappa shape index (κ1) is 25.8. The SMILES string of the molecule is c1ccc(-c2nc(-c3ccccc3)nc(-n3c4ccccc4c4cc(-n5ccc6c7[nH]c8ccccc8c7ccc65)ccc43)n2)cc1. The van der Waals surface area contributed by atoms with Gasteiger partial charge in [0, 0.05) is 55.5 Å². The van der Waals surface area contributed by atoms with E-state index in [4.69, 9.17) is 15.0 Å². The monoisotopic (exact) mass is 602 g/mol. The number of fused-ring (bicyclic) bond motifs is 8. The van der Waals surface area contributed by atoms with Gasteiger partial charge in [0.1, 0.15) is 0 Å². The predicted octanol–water partition coefficient (Wildman–Crippen LogP) is 9.88. The fourth-order valence-electron chi connectivity index (χ4n) is 6.99. The first-order valence-corrected chi connectivity index (χ1v) is 15.7. The quantitative estimate of drug-likeness (QED) is 0.218. The molecular formula is C41H26N6. The van der Waals surface area contributed by atoms with Crippen molar-refractivity contribution in [3.05, 3.63) is 152 Å². The van der Waals surface area contributed by atoms with Crippen LogP contribution in [0.4, 0.5) is 0 Å². The Morgan fingerprint density at radius 1 is 0.447 bits per heavy atom. The largest absolute Gasteiger partial charge is 0.354 e. The Morgan fingerprint density at radius 2 is 1.09 bits per heavy atom. The molecule has 10 aromatic rings. The van der Waals surface area contributed by atoms with E-state index in [0.29, 0.717) is 17.6 Å². The number of benzene rings is 6. The zero-order valence-corrected chi connectivity index (χ0v) is 25.2. The van der Waals surface area contributed by atoms with Gasteiger partial charge in [-0.15, -0.1) is 0 Å². The highest BCUT2D eigenvalue weighted by atomic mass is 15.2. The normalized spacial score (nSPS) is 11.8. The minimum atomic E-state index is 0.587. The summed E-state index contributed by atoms with van der Waals surface area (Å²) in [5, 5.41) is 5.96. The van der Waals surface area contributed by atoms with Crippen LogP contribution >= 0.6 is 0 Å². The van der Waals surface area contributed by atoms with E-state index in [2.05, 4.69) is 105 Å². The topological polar surface area (TPSA) is 64.3 Å². The number of aromatic amines is 1. The highest BCUT2D eigenvalue weighted by Crippen LogP contribution is 2.36. The minimum absolute atomic E-state index is 0.587. The number of nitrogens with one attached hydrogen (secondary N) is 1. The number of aromatic nitrogens is 6. The molecule has 220 valence electrons. The number of hydrogen-bond acceptors (Lipinski definition) is 3. The maximum Gasteiger partial charge on any atom is 0.238 e. The fourth-order valence-corrected chi connectivity index (χ4v) is 6.99. The van der Waals surface area contributed by atoms with Crippen molar-refractivity contribution in [2.24, 2.45) is 0 Å². The van der Waals surface area contributed by atoms with Crippen molar-refractivity contribution in [2.45, 2.75) is 0 Å². The molecule has 0 saturated heterocycles. The Hall–Kier alpha value is -6.53. The van der Waals surface area contributed by atoms with Crippen LogP contribution in [0.2, 0.25) is 0 Å². The van der Waals surface area contributed by atoms with Crippen molar-refractivity contribution in [3.63, 3.8) is 0 Å². The molecular weight excluding hydrogens is 576 g/mol. The lowest BCUT2D eigenvalue weighted by atomic mass is 10.1. The van der Waals surface area contributed by atoms with Crippen LogP contribution in [0.25, 0.3) is 88.9 Å². The Morgan fingerprint density at radius 3 is 1.85 bits per heavy atom. The maximum absolute atomic E-state index is 5.06. The molecule has 0 aliphatic carbocycles. The van der Waals surface area contributed by atoms with Crippen molar-refractivity contribution < 1.29 is 0 Å². The Balaban J connectivity index is 1.19. The first-order valence-electron chi connectivity index (χ1n) is 15.7. The van der Waals surface area contributed by atoms with Crippen LogP contribution in [-0.2, 0) is 0 Å². The van der Waals surface area contributed by atoms with Crippen LogP contribution in [0.5, 0.6) is 0 Å². The van der Waals surface area contributed by atoms with Crippen LogP contribution in [0.3, 0.4) is 0 Å². The third-order valence-corrected chi connectivity index (χ3v) is 9.17. The molecule has 47 heavy (non-hydrogen) atoms. The van der Waals surface area contributed by atoms with Gasteiger partial charge in [-0.25, -0.2) is 4.98 Å². The van der Waals surface area contributed by atoms with Gasteiger partial charge < -0.3 is 9.55 Å². The molecule has 0 unspecified atom stereocenters. The summed E-state index contributed by atoms with van der Waals surface area (Å²) in [5.74, 6) is 1.86. The third kappa shape index (κ3) is 3.95. The number of H-pyrrole nitrogens is 1. The van der Waals surface area contributed by atoms with E-state index in [1.54, 1.807) is 0 Å². The van der Waals surface area contributed by atoms with Crippen LogP contribution in [0.15, 0.2) is 152 Å². The third-order valence-electron chi connectivity index (χ3n) is 9.17. The second-order valence-corrected chi connectivity index (χ2v) is 11.8. The summed E-state index contributed by atoms with van der Waals surface area (Å²) in [6.45, 7) is 0. The molecule has 6 heteroatoms. The molecule has 0 aliphatic heterocycles. The Labute approximate surface area is 269 Å². The van der Waals surface area contributed by atoms with E-state index >= 15 is 0 Å². The van der Waals surface area contributed by atoms with Gasteiger partial charge in [-0.1, -0.05) is 103 Å². The van der Waals surface area contributed by atoms with Crippen LogP contribution in [-0.4, -0.2) is 29.1 Å². The van der Waals surface area contributed by atoms with Crippen molar-refractivity contribution >= 4 is 54.5 Å². The summed E-state index contributed by atoms with van der Waals surface area (Å²) in [6.07, 6.45) is 2.17. The average molecular weight is 603 g/mol. The van der Waals surface area contributed by atoms with Gasteiger partial charge in [-0.05, 0) is 42.5 Å². The van der Waals surface area contributed by atoms with Crippen LogP contribution in [0.1, 0.15) is 0 Å². The van der Waals surface area contributed by atoms with Gasteiger partial charge in [0.25, 0.3) is 0 Å². The second-order valence-electron chi connectivity index (χ2n) is 11.8. The van der Waals surface area contributed by atoms with E-state index in [-0.39, 0.29) is 0 Å². The predicted molar refractivity (Wildman–Crippen MR) is 191 cm³/mol. The zero-order chi connectivity index (χ0) is 30.9. The highest BCUT2D eigenvalue weighted by molar-refractivity contribution is 6.17. The molecule has 0 amide bonds. The molecule has 10 rings (SSSR count).